The van der Waals surface area contributed by atoms with Gasteiger partial charge in [0, 0.05) is 33.8 Å². The molecule has 2 aromatic carbocycles. The van der Waals surface area contributed by atoms with Crippen LogP contribution in [0.4, 0.5) is 17.6 Å². The number of alkyl halides is 3. The predicted molar refractivity (Wildman–Crippen MR) is 151 cm³/mol. The SMILES string of the molecule is CCc1ccc2c(c1)c(-c1ccc[nH]c1=O)c(C(=O)NS(=O)(=O)C1CCS(=O)(=O)C1)n2Cc1cc(C(F)(F)F)ccc1F. The van der Waals surface area contributed by atoms with E-state index in [0.717, 1.165) is 10.1 Å². The molecule has 43 heavy (non-hydrogen) atoms. The number of hydrogen-bond donors (Lipinski definition) is 2. The first kappa shape index (κ1) is 30.5. The Morgan fingerprint density at radius 1 is 1.14 bits per heavy atom. The van der Waals surface area contributed by atoms with Crippen molar-refractivity contribution in [2.24, 2.45) is 0 Å². The van der Waals surface area contributed by atoms with Gasteiger partial charge in [-0.15, -0.1) is 0 Å². The number of benzene rings is 2. The maximum Gasteiger partial charge on any atom is 0.416 e. The lowest BCUT2D eigenvalue weighted by Gasteiger charge is -2.16. The predicted octanol–water partition coefficient (Wildman–Crippen LogP) is 4.01. The van der Waals surface area contributed by atoms with Crippen LogP contribution in [0.25, 0.3) is 22.0 Å². The zero-order chi connectivity index (χ0) is 31.3. The third-order valence-electron chi connectivity index (χ3n) is 7.40. The van der Waals surface area contributed by atoms with E-state index in [1.54, 1.807) is 18.2 Å². The fourth-order valence-corrected chi connectivity index (χ4v) is 9.20. The number of nitrogens with one attached hydrogen (secondary N) is 2. The molecule has 4 aromatic rings. The van der Waals surface area contributed by atoms with E-state index in [0.29, 0.717) is 30.0 Å². The highest BCUT2D eigenvalue weighted by Crippen LogP contribution is 2.37. The molecule has 1 amide bonds. The number of hydrogen-bond acceptors (Lipinski definition) is 6. The molecule has 1 saturated heterocycles. The van der Waals surface area contributed by atoms with Gasteiger partial charge in [-0.2, -0.15) is 13.2 Å². The minimum atomic E-state index is -4.80. The number of fused-ring (bicyclic) bond motifs is 1. The Labute approximate surface area is 243 Å². The Balaban J connectivity index is 1.77. The number of amides is 1. The smallest absolute Gasteiger partial charge is 0.331 e. The van der Waals surface area contributed by atoms with Gasteiger partial charge in [0.2, 0.25) is 10.0 Å². The van der Waals surface area contributed by atoms with Gasteiger partial charge in [-0.05, 0) is 60.9 Å². The van der Waals surface area contributed by atoms with Crippen molar-refractivity contribution in [3.05, 3.63) is 93.3 Å². The van der Waals surface area contributed by atoms with Gasteiger partial charge in [0.15, 0.2) is 9.84 Å². The first-order valence-electron chi connectivity index (χ1n) is 13.1. The number of H-pyrrole nitrogens is 1. The molecule has 5 rings (SSSR count). The summed E-state index contributed by atoms with van der Waals surface area (Å²) in [4.78, 5) is 29.3. The van der Waals surface area contributed by atoms with E-state index in [4.69, 9.17) is 0 Å². The summed E-state index contributed by atoms with van der Waals surface area (Å²) in [7, 11) is -8.21. The molecule has 1 fully saturated rings. The number of pyridine rings is 1. The van der Waals surface area contributed by atoms with E-state index in [1.807, 2.05) is 11.6 Å². The minimum absolute atomic E-state index is 0.0220. The van der Waals surface area contributed by atoms with E-state index in [2.05, 4.69) is 4.98 Å². The molecule has 0 spiro atoms. The van der Waals surface area contributed by atoms with Gasteiger partial charge in [0.05, 0.1) is 28.9 Å². The molecular weight excluding hydrogens is 614 g/mol. The number of sulfonamides is 1. The lowest BCUT2D eigenvalue weighted by Crippen LogP contribution is -2.40. The molecule has 0 saturated carbocycles. The molecule has 228 valence electrons. The van der Waals surface area contributed by atoms with Crippen LogP contribution >= 0.6 is 0 Å². The molecular formula is C28H25F4N3O6S2. The normalized spacial score (nSPS) is 16.9. The molecule has 1 unspecified atom stereocenters. The third kappa shape index (κ3) is 5.95. The van der Waals surface area contributed by atoms with Crippen LogP contribution in [0.3, 0.4) is 0 Å². The van der Waals surface area contributed by atoms with Crippen molar-refractivity contribution in [3.63, 3.8) is 0 Å². The number of rotatable bonds is 7. The molecule has 15 heteroatoms. The third-order valence-corrected chi connectivity index (χ3v) is 11.1. The molecule has 0 bridgehead atoms. The monoisotopic (exact) mass is 639 g/mol. The second kappa shape index (κ2) is 10.9. The number of halogens is 4. The van der Waals surface area contributed by atoms with Crippen molar-refractivity contribution in [1.29, 1.82) is 0 Å². The number of carbonyl (C=O) groups excluding carboxylic acids is 1. The maximum absolute atomic E-state index is 14.9. The number of nitrogens with zero attached hydrogens (tertiary/aromatic N) is 1. The summed E-state index contributed by atoms with van der Waals surface area (Å²) in [6.07, 6.45) is -3.17. The Bertz CT molecular complexity index is 2030. The average molecular weight is 640 g/mol. The van der Waals surface area contributed by atoms with Gasteiger partial charge in [0.25, 0.3) is 11.5 Å². The van der Waals surface area contributed by atoms with Gasteiger partial charge < -0.3 is 9.55 Å². The molecule has 3 heterocycles. The Morgan fingerprint density at radius 2 is 1.88 bits per heavy atom. The number of aryl methyl sites for hydroxylation is 1. The van der Waals surface area contributed by atoms with E-state index >= 15 is 0 Å². The molecule has 1 atom stereocenters. The maximum atomic E-state index is 14.9. The zero-order valence-corrected chi connectivity index (χ0v) is 24.2. The van der Waals surface area contributed by atoms with Crippen molar-refractivity contribution in [3.8, 4) is 11.1 Å². The Morgan fingerprint density at radius 3 is 2.51 bits per heavy atom. The van der Waals surface area contributed by atoms with E-state index in [-0.39, 0.29) is 28.8 Å². The Kier molecular flexibility index (Phi) is 7.75. The fraction of sp³-hybridized carbons (Fsp3) is 0.286. The lowest BCUT2D eigenvalue weighted by atomic mass is 10.0. The minimum Gasteiger partial charge on any atom is -0.331 e. The Hall–Kier alpha value is -3.98. The fourth-order valence-electron chi connectivity index (χ4n) is 5.22. The number of aromatic amines is 1. The van der Waals surface area contributed by atoms with E-state index in [9.17, 15) is 44.0 Å². The van der Waals surface area contributed by atoms with Gasteiger partial charge >= 0.3 is 6.18 Å². The quantitative estimate of drug-likeness (QED) is 0.294. The summed E-state index contributed by atoms with van der Waals surface area (Å²) < 4.78 is 109. The average Bonchev–Trinajstić information content (AvgIpc) is 3.46. The molecule has 2 N–H and O–H groups in total. The van der Waals surface area contributed by atoms with Gasteiger partial charge in [-0.1, -0.05) is 13.0 Å². The van der Waals surface area contributed by atoms with Crippen LogP contribution in [0.5, 0.6) is 0 Å². The van der Waals surface area contributed by atoms with Crippen molar-refractivity contribution in [1.82, 2.24) is 14.3 Å². The highest BCUT2D eigenvalue weighted by atomic mass is 32.2. The second-order valence-electron chi connectivity index (χ2n) is 10.2. The van der Waals surface area contributed by atoms with Crippen LogP contribution < -0.4 is 10.3 Å². The first-order chi connectivity index (χ1) is 20.1. The topological polar surface area (TPSA) is 135 Å². The second-order valence-corrected chi connectivity index (χ2v) is 14.4. The molecule has 2 aromatic heterocycles. The van der Waals surface area contributed by atoms with Crippen molar-refractivity contribution in [2.45, 2.75) is 37.7 Å². The van der Waals surface area contributed by atoms with Crippen molar-refractivity contribution in [2.75, 3.05) is 11.5 Å². The number of aromatic nitrogens is 2. The standard InChI is InChI=1S/C28H25F4N3O6S2/c1-2-16-5-8-23-21(12-16)24(20-4-3-10-33-26(20)36)25(27(37)34-43(40,41)19-9-11-42(38,39)15-19)35(23)14-17-13-18(28(30,31)32)6-7-22(17)29/h3-8,10,12-13,19H,2,9,11,14-15H2,1H3,(H,33,36)(H,34,37). The summed E-state index contributed by atoms with van der Waals surface area (Å²) in [6.45, 7) is 1.21. The van der Waals surface area contributed by atoms with Crippen molar-refractivity contribution >= 4 is 36.7 Å². The summed E-state index contributed by atoms with van der Waals surface area (Å²) >= 11 is 0. The van der Waals surface area contributed by atoms with Gasteiger partial charge in [-0.25, -0.2) is 25.9 Å². The lowest BCUT2D eigenvalue weighted by molar-refractivity contribution is -0.137. The first-order valence-corrected chi connectivity index (χ1v) is 16.4. The summed E-state index contributed by atoms with van der Waals surface area (Å²) in [5, 5.41) is -1.12. The van der Waals surface area contributed by atoms with E-state index in [1.165, 1.54) is 18.3 Å². The van der Waals surface area contributed by atoms with Crippen LogP contribution in [-0.4, -0.2) is 49.0 Å². The number of carbonyl (C=O) groups is 1. The summed E-state index contributed by atoms with van der Waals surface area (Å²) in [5.74, 6) is -3.34. The van der Waals surface area contributed by atoms with Gasteiger partial charge in [-0.3, -0.25) is 9.59 Å². The number of sulfone groups is 1. The largest absolute Gasteiger partial charge is 0.416 e. The molecule has 9 nitrogen and oxygen atoms in total. The summed E-state index contributed by atoms with van der Waals surface area (Å²) in [5.41, 5.74) is -1.74. The van der Waals surface area contributed by atoms with E-state index < -0.39 is 77.7 Å². The molecule has 0 radical (unpaired) electrons. The summed E-state index contributed by atoms with van der Waals surface area (Å²) in [6, 6.07) is 9.56. The zero-order valence-electron chi connectivity index (χ0n) is 22.5. The molecule has 1 aliphatic rings. The van der Waals surface area contributed by atoms with Crippen LogP contribution in [0.15, 0.2) is 59.5 Å². The van der Waals surface area contributed by atoms with Crippen LogP contribution in [0, 0.1) is 5.82 Å². The van der Waals surface area contributed by atoms with Crippen LogP contribution in [0.1, 0.15) is 40.5 Å². The van der Waals surface area contributed by atoms with Crippen LogP contribution in [-0.2, 0) is 39.0 Å². The molecule has 0 aliphatic carbocycles. The van der Waals surface area contributed by atoms with Crippen LogP contribution in [0.2, 0.25) is 0 Å². The highest BCUT2D eigenvalue weighted by molar-refractivity contribution is 7.95. The van der Waals surface area contributed by atoms with Gasteiger partial charge in [0.1, 0.15) is 11.5 Å². The molecule has 1 aliphatic heterocycles. The highest BCUT2D eigenvalue weighted by Gasteiger charge is 2.39. The van der Waals surface area contributed by atoms with Crippen molar-refractivity contribution < 1.29 is 39.2 Å².